The average molecular weight is 314 g/mol. The van der Waals surface area contributed by atoms with Crippen molar-refractivity contribution in [1.82, 2.24) is 10.2 Å². The smallest absolute Gasteiger partial charge is 0.428 e. The van der Waals surface area contributed by atoms with Crippen LogP contribution in [-0.2, 0) is 9.53 Å². The van der Waals surface area contributed by atoms with Crippen molar-refractivity contribution in [2.75, 3.05) is 19.6 Å². The molecule has 0 aromatic heterocycles. The third-order valence-electron chi connectivity index (χ3n) is 3.90. The number of hydrogen-bond donors (Lipinski definition) is 2. The highest BCUT2D eigenvalue weighted by atomic mass is 19.4. The van der Waals surface area contributed by atoms with Crippen LogP contribution in [0.3, 0.4) is 0 Å². The van der Waals surface area contributed by atoms with E-state index in [1.165, 1.54) is 0 Å². The van der Waals surface area contributed by atoms with Gasteiger partial charge in [0.15, 0.2) is 0 Å². The van der Waals surface area contributed by atoms with Gasteiger partial charge in [-0.1, -0.05) is 0 Å². The van der Waals surface area contributed by atoms with Crippen LogP contribution in [0.2, 0.25) is 0 Å². The standard InChI is InChI=1S/C12H18F4N2O3/c13-7-5-9(10(19)21-11(20)12(14,15)16)18(6-7)8-1-3-17-4-2-8/h7-10,17,19H,1-6H2/t7-,9-,10?/m1/s1. The number of likely N-dealkylation sites (tertiary alicyclic amines) is 1. The van der Waals surface area contributed by atoms with Crippen LogP contribution in [0.25, 0.3) is 0 Å². The lowest BCUT2D eigenvalue weighted by molar-refractivity contribution is -0.226. The van der Waals surface area contributed by atoms with Crippen LogP contribution < -0.4 is 5.32 Å². The molecule has 0 aromatic rings. The molecule has 2 N–H and O–H groups in total. The van der Waals surface area contributed by atoms with Crippen LogP contribution in [0.15, 0.2) is 0 Å². The molecule has 0 aliphatic carbocycles. The van der Waals surface area contributed by atoms with Crippen molar-refractivity contribution in [2.45, 2.75) is 50.0 Å². The van der Waals surface area contributed by atoms with Gasteiger partial charge in [0.1, 0.15) is 6.17 Å². The van der Waals surface area contributed by atoms with Gasteiger partial charge in [0, 0.05) is 19.0 Å². The Hall–Kier alpha value is -0.930. The molecule has 5 nitrogen and oxygen atoms in total. The Morgan fingerprint density at radius 2 is 1.95 bits per heavy atom. The molecule has 0 aromatic carbocycles. The zero-order chi connectivity index (χ0) is 15.6. The van der Waals surface area contributed by atoms with Crippen molar-refractivity contribution in [3.63, 3.8) is 0 Å². The van der Waals surface area contributed by atoms with Gasteiger partial charge in [0.25, 0.3) is 0 Å². The van der Waals surface area contributed by atoms with E-state index in [2.05, 4.69) is 10.1 Å². The fourth-order valence-corrected chi connectivity index (χ4v) is 2.93. The highest BCUT2D eigenvalue weighted by Crippen LogP contribution is 2.29. The average Bonchev–Trinajstić information content (AvgIpc) is 2.81. The van der Waals surface area contributed by atoms with Crippen molar-refractivity contribution in [1.29, 1.82) is 0 Å². The summed E-state index contributed by atoms with van der Waals surface area (Å²) in [6.07, 6.45) is -7.12. The van der Waals surface area contributed by atoms with Gasteiger partial charge >= 0.3 is 12.1 Å². The van der Waals surface area contributed by atoms with E-state index in [-0.39, 0.29) is 19.0 Å². The summed E-state index contributed by atoms with van der Waals surface area (Å²) in [6, 6.07) is -0.967. The second kappa shape index (κ2) is 6.45. The molecule has 1 unspecified atom stereocenters. The summed E-state index contributed by atoms with van der Waals surface area (Å²) in [6.45, 7) is 1.49. The number of carbonyl (C=O) groups excluding carboxylic acids is 1. The van der Waals surface area contributed by atoms with Gasteiger partial charge in [-0.05, 0) is 25.9 Å². The van der Waals surface area contributed by atoms with Crippen LogP contribution in [0, 0.1) is 0 Å². The van der Waals surface area contributed by atoms with Crippen LogP contribution in [-0.4, -0.2) is 66.3 Å². The van der Waals surface area contributed by atoms with Crippen molar-refractivity contribution in [3.05, 3.63) is 0 Å². The lowest BCUT2D eigenvalue weighted by atomic mass is 10.0. The van der Waals surface area contributed by atoms with Gasteiger partial charge in [0.05, 0.1) is 6.04 Å². The first kappa shape index (κ1) is 16.4. The molecular weight excluding hydrogens is 296 g/mol. The molecule has 2 saturated heterocycles. The molecule has 9 heteroatoms. The van der Waals surface area contributed by atoms with Gasteiger partial charge in [0.2, 0.25) is 6.29 Å². The quantitative estimate of drug-likeness (QED) is 0.453. The molecule has 0 saturated carbocycles. The summed E-state index contributed by atoms with van der Waals surface area (Å²) < 4.78 is 54.0. The normalized spacial score (nSPS) is 30.3. The van der Waals surface area contributed by atoms with E-state index in [1.807, 2.05) is 0 Å². The summed E-state index contributed by atoms with van der Waals surface area (Å²) in [5.41, 5.74) is 0. The van der Waals surface area contributed by atoms with Gasteiger partial charge in [-0.3, -0.25) is 4.90 Å². The monoisotopic (exact) mass is 314 g/mol. The van der Waals surface area contributed by atoms with Gasteiger partial charge in [-0.2, -0.15) is 13.2 Å². The molecule has 0 spiro atoms. The molecule has 3 atom stereocenters. The molecule has 0 amide bonds. The third-order valence-corrected chi connectivity index (χ3v) is 3.90. The van der Waals surface area contributed by atoms with Crippen molar-refractivity contribution >= 4 is 5.97 Å². The third kappa shape index (κ3) is 4.04. The van der Waals surface area contributed by atoms with E-state index in [1.54, 1.807) is 4.90 Å². The molecule has 2 aliphatic heterocycles. The van der Waals surface area contributed by atoms with E-state index in [9.17, 15) is 27.5 Å². The zero-order valence-electron chi connectivity index (χ0n) is 11.3. The summed E-state index contributed by atoms with van der Waals surface area (Å²) in [5, 5.41) is 12.9. The van der Waals surface area contributed by atoms with Crippen LogP contribution in [0.1, 0.15) is 19.3 Å². The molecule has 2 fully saturated rings. The lowest BCUT2D eigenvalue weighted by Gasteiger charge is -2.36. The SMILES string of the molecule is O=C(OC(O)[C@H]1C[C@@H](F)CN1C1CCNCC1)C(F)(F)F. The van der Waals surface area contributed by atoms with Gasteiger partial charge in [-0.15, -0.1) is 0 Å². The number of nitrogens with zero attached hydrogens (tertiary/aromatic N) is 1. The van der Waals surface area contributed by atoms with E-state index in [0.717, 1.165) is 13.1 Å². The first-order valence-electron chi connectivity index (χ1n) is 6.85. The first-order chi connectivity index (χ1) is 9.79. The molecular formula is C12H18F4N2O3. The van der Waals surface area contributed by atoms with Gasteiger partial charge < -0.3 is 15.2 Å². The molecule has 122 valence electrons. The van der Waals surface area contributed by atoms with Crippen LogP contribution >= 0.6 is 0 Å². The Balaban J connectivity index is 1.99. The van der Waals surface area contributed by atoms with Gasteiger partial charge in [-0.25, -0.2) is 9.18 Å². The van der Waals surface area contributed by atoms with E-state index >= 15 is 0 Å². The fraction of sp³-hybridized carbons (Fsp3) is 0.917. The fourth-order valence-electron chi connectivity index (χ4n) is 2.93. The zero-order valence-corrected chi connectivity index (χ0v) is 11.3. The van der Waals surface area contributed by atoms with E-state index in [4.69, 9.17) is 0 Å². The van der Waals surface area contributed by atoms with Crippen molar-refractivity contribution in [2.24, 2.45) is 0 Å². The number of hydrogen-bond acceptors (Lipinski definition) is 5. The summed E-state index contributed by atoms with van der Waals surface area (Å²) in [7, 11) is 0. The highest BCUT2D eigenvalue weighted by Gasteiger charge is 2.46. The molecule has 2 heterocycles. The topological polar surface area (TPSA) is 61.8 Å². The van der Waals surface area contributed by atoms with E-state index < -0.39 is 30.6 Å². The number of ether oxygens (including phenoxy) is 1. The van der Waals surface area contributed by atoms with Crippen molar-refractivity contribution in [3.8, 4) is 0 Å². The minimum absolute atomic E-state index is 0.0313. The lowest BCUT2D eigenvalue weighted by Crippen LogP contribution is -2.50. The summed E-state index contributed by atoms with van der Waals surface area (Å²) in [4.78, 5) is 12.4. The predicted molar refractivity (Wildman–Crippen MR) is 64.1 cm³/mol. The maximum absolute atomic E-state index is 13.6. The minimum atomic E-state index is -5.17. The number of nitrogens with one attached hydrogen (secondary N) is 1. The molecule has 2 rings (SSSR count). The number of piperidine rings is 1. The Morgan fingerprint density at radius 3 is 2.52 bits per heavy atom. The Bertz CT molecular complexity index is 374. The second-order valence-electron chi connectivity index (χ2n) is 5.37. The number of carbonyl (C=O) groups is 1. The number of rotatable bonds is 3. The Morgan fingerprint density at radius 1 is 1.33 bits per heavy atom. The predicted octanol–water partition coefficient (Wildman–Crippen LogP) is 0.575. The summed E-state index contributed by atoms with van der Waals surface area (Å²) in [5.74, 6) is -2.46. The molecule has 21 heavy (non-hydrogen) atoms. The number of alkyl halides is 4. The number of aliphatic hydroxyl groups excluding tert-OH is 1. The number of halogens is 4. The maximum Gasteiger partial charge on any atom is 0.491 e. The molecule has 0 bridgehead atoms. The number of aliphatic hydroxyl groups is 1. The van der Waals surface area contributed by atoms with Crippen LogP contribution in [0.4, 0.5) is 17.6 Å². The summed E-state index contributed by atoms with van der Waals surface area (Å²) >= 11 is 0. The second-order valence-corrected chi connectivity index (χ2v) is 5.37. The van der Waals surface area contributed by atoms with E-state index in [0.29, 0.717) is 12.8 Å². The van der Waals surface area contributed by atoms with Crippen molar-refractivity contribution < 1.29 is 32.2 Å². The maximum atomic E-state index is 13.6. The molecule has 2 aliphatic rings. The Labute approximate surface area is 119 Å². The highest BCUT2D eigenvalue weighted by molar-refractivity contribution is 5.75. The minimum Gasteiger partial charge on any atom is -0.428 e. The Kier molecular flexibility index (Phi) is 5.05. The largest absolute Gasteiger partial charge is 0.491 e. The first-order valence-corrected chi connectivity index (χ1v) is 6.85. The number of esters is 1. The molecule has 0 radical (unpaired) electrons. The van der Waals surface area contributed by atoms with Crippen LogP contribution in [0.5, 0.6) is 0 Å².